The van der Waals surface area contributed by atoms with Crippen LogP contribution in [0.5, 0.6) is 0 Å². The van der Waals surface area contributed by atoms with Crippen LogP contribution in [-0.2, 0) is 18.9 Å². The number of fused-ring (bicyclic) bond motifs is 3. The molecule has 4 aromatic carbocycles. The quantitative estimate of drug-likeness (QED) is 0.196. The first kappa shape index (κ1) is 29.4. The van der Waals surface area contributed by atoms with Crippen molar-refractivity contribution in [3.05, 3.63) is 113 Å². The highest BCUT2D eigenvalue weighted by molar-refractivity contribution is 6.14. The Morgan fingerprint density at radius 1 is 0.727 bits per heavy atom. The summed E-state index contributed by atoms with van der Waals surface area (Å²) >= 11 is 0. The molecule has 44 heavy (non-hydrogen) atoms. The molecule has 0 radical (unpaired) electrons. The maximum atomic E-state index is 10.2. The summed E-state index contributed by atoms with van der Waals surface area (Å²) in [6.45, 7) is 15.7. The first-order valence-corrected chi connectivity index (χ1v) is 15.4. The predicted octanol–water partition coefficient (Wildman–Crippen LogP) is 10.5. The van der Waals surface area contributed by atoms with Gasteiger partial charge in [-0.2, -0.15) is 5.26 Å². The van der Waals surface area contributed by atoms with E-state index in [1.807, 2.05) is 12.1 Å². The molecular weight excluding hydrogens is 536 g/mol. The van der Waals surface area contributed by atoms with Crippen LogP contribution in [0, 0.1) is 23.7 Å². The van der Waals surface area contributed by atoms with Gasteiger partial charge in [-0.05, 0) is 75.8 Å². The van der Waals surface area contributed by atoms with Crippen LogP contribution >= 0.6 is 0 Å². The summed E-state index contributed by atoms with van der Waals surface area (Å²) in [5.74, 6) is 0. The minimum absolute atomic E-state index is 0.0984. The molecule has 0 unspecified atom stereocenters. The highest BCUT2D eigenvalue weighted by atomic mass is 16.3. The SMILES string of the molecule is Cc1ccc2c(oc3c(-c4cccc(-c5ccc(C(C)(C)C)cc5)c4)c(C#N)ccc32)c1-c1cc(CC(C)(C)C)cc[n+]1C. The highest BCUT2D eigenvalue weighted by Crippen LogP contribution is 2.42. The number of nitrogens with zero attached hydrogens (tertiary/aromatic N) is 2. The van der Waals surface area contributed by atoms with E-state index in [9.17, 15) is 5.26 Å². The number of aryl methyl sites for hydroxylation is 2. The second-order valence-corrected chi connectivity index (χ2v) is 14.4. The molecule has 0 aliphatic rings. The van der Waals surface area contributed by atoms with E-state index in [-0.39, 0.29) is 10.8 Å². The Morgan fingerprint density at radius 3 is 2.05 bits per heavy atom. The zero-order valence-corrected chi connectivity index (χ0v) is 27.2. The van der Waals surface area contributed by atoms with Crippen molar-refractivity contribution >= 4 is 21.9 Å². The summed E-state index contributed by atoms with van der Waals surface area (Å²) in [5, 5.41) is 12.3. The normalized spacial score (nSPS) is 12.2. The Labute approximate surface area is 261 Å². The second-order valence-electron chi connectivity index (χ2n) is 14.4. The summed E-state index contributed by atoms with van der Waals surface area (Å²) in [7, 11) is 2.09. The van der Waals surface area contributed by atoms with Crippen LogP contribution < -0.4 is 4.57 Å². The molecule has 0 N–H and O–H groups in total. The molecular formula is C41H41N2O+. The van der Waals surface area contributed by atoms with Crippen molar-refractivity contribution in [1.82, 2.24) is 0 Å². The lowest BCUT2D eigenvalue weighted by atomic mass is 9.86. The van der Waals surface area contributed by atoms with Gasteiger partial charge in [0, 0.05) is 28.5 Å². The van der Waals surface area contributed by atoms with Gasteiger partial charge in [-0.1, -0.05) is 96.1 Å². The summed E-state index contributed by atoms with van der Waals surface area (Å²) in [6.07, 6.45) is 3.14. The first-order chi connectivity index (χ1) is 20.8. The lowest BCUT2D eigenvalue weighted by Crippen LogP contribution is -2.31. The Hall–Kier alpha value is -4.68. The van der Waals surface area contributed by atoms with Crippen LogP contribution in [0.15, 0.2) is 95.5 Å². The maximum absolute atomic E-state index is 10.2. The molecule has 3 nitrogen and oxygen atoms in total. The van der Waals surface area contributed by atoms with Gasteiger partial charge in [-0.15, -0.1) is 0 Å². The Morgan fingerprint density at radius 2 is 1.39 bits per heavy atom. The number of nitriles is 1. The molecule has 0 bridgehead atoms. The summed E-state index contributed by atoms with van der Waals surface area (Å²) in [6, 6.07) is 32.5. The van der Waals surface area contributed by atoms with Gasteiger partial charge in [-0.25, -0.2) is 4.57 Å². The van der Waals surface area contributed by atoms with E-state index in [4.69, 9.17) is 4.42 Å². The van der Waals surface area contributed by atoms with Crippen LogP contribution in [-0.4, -0.2) is 0 Å². The van der Waals surface area contributed by atoms with Crippen LogP contribution in [0.3, 0.4) is 0 Å². The standard InChI is InChI=1S/C41H41N2O/c1-26-12-18-33-34-19-15-31(25-42)37(30-11-9-10-29(23-30)28-13-16-32(17-14-28)41(5,6)7)39(34)44-38(33)36(26)35-22-27(20-21-43(35)8)24-40(2,3)4/h9-23H,24H2,1-8H3/q+1. The van der Waals surface area contributed by atoms with Crippen LogP contribution in [0.1, 0.15) is 63.8 Å². The number of benzene rings is 4. The minimum Gasteiger partial charge on any atom is -0.454 e. The molecule has 0 saturated heterocycles. The van der Waals surface area contributed by atoms with E-state index >= 15 is 0 Å². The summed E-state index contributed by atoms with van der Waals surface area (Å²) < 4.78 is 9.05. The predicted molar refractivity (Wildman–Crippen MR) is 183 cm³/mol. The third-order valence-electron chi connectivity index (χ3n) is 8.58. The van der Waals surface area contributed by atoms with E-state index in [0.717, 1.165) is 67.4 Å². The molecule has 3 heteroatoms. The Bertz CT molecular complexity index is 2070. The fourth-order valence-electron chi connectivity index (χ4n) is 6.30. The van der Waals surface area contributed by atoms with Crippen molar-refractivity contribution in [3.63, 3.8) is 0 Å². The Kier molecular flexibility index (Phi) is 7.21. The van der Waals surface area contributed by atoms with Gasteiger partial charge in [0.05, 0.1) is 17.2 Å². The van der Waals surface area contributed by atoms with E-state index in [1.54, 1.807) is 0 Å². The van der Waals surface area contributed by atoms with E-state index in [2.05, 4.69) is 145 Å². The fraction of sp³-hybridized carbons (Fsp3) is 0.268. The molecule has 0 spiro atoms. The molecule has 0 atom stereocenters. The van der Waals surface area contributed by atoms with Gasteiger partial charge in [0.25, 0.3) is 0 Å². The third-order valence-corrected chi connectivity index (χ3v) is 8.58. The third kappa shape index (κ3) is 5.42. The lowest BCUT2D eigenvalue weighted by molar-refractivity contribution is -0.660. The van der Waals surface area contributed by atoms with Crippen molar-refractivity contribution < 1.29 is 8.98 Å². The smallest absolute Gasteiger partial charge is 0.216 e. The average molecular weight is 578 g/mol. The van der Waals surface area contributed by atoms with Crippen molar-refractivity contribution in [2.45, 2.75) is 60.3 Å². The van der Waals surface area contributed by atoms with Gasteiger partial charge in [0.15, 0.2) is 6.20 Å². The average Bonchev–Trinajstić information content (AvgIpc) is 3.35. The first-order valence-electron chi connectivity index (χ1n) is 15.4. The summed E-state index contributed by atoms with van der Waals surface area (Å²) in [5.41, 5.74) is 12.5. The summed E-state index contributed by atoms with van der Waals surface area (Å²) in [4.78, 5) is 0. The van der Waals surface area contributed by atoms with Crippen LogP contribution in [0.4, 0.5) is 0 Å². The van der Waals surface area contributed by atoms with E-state index in [0.29, 0.717) is 5.56 Å². The van der Waals surface area contributed by atoms with Gasteiger partial charge in [0.1, 0.15) is 18.2 Å². The number of pyridine rings is 1. The molecule has 6 rings (SSSR count). The van der Waals surface area contributed by atoms with Crippen molar-refractivity contribution in [1.29, 1.82) is 5.26 Å². The molecule has 0 aliphatic heterocycles. The van der Waals surface area contributed by atoms with Gasteiger partial charge in [-0.3, -0.25) is 0 Å². The Balaban J connectivity index is 1.55. The number of aromatic nitrogens is 1. The van der Waals surface area contributed by atoms with Gasteiger partial charge in [0.2, 0.25) is 5.69 Å². The lowest BCUT2D eigenvalue weighted by Gasteiger charge is -2.19. The zero-order valence-electron chi connectivity index (χ0n) is 27.2. The van der Waals surface area contributed by atoms with Crippen LogP contribution in [0.25, 0.3) is 55.4 Å². The van der Waals surface area contributed by atoms with Gasteiger partial charge >= 0.3 is 0 Å². The van der Waals surface area contributed by atoms with Gasteiger partial charge < -0.3 is 4.42 Å². The largest absolute Gasteiger partial charge is 0.454 e. The van der Waals surface area contributed by atoms with Crippen molar-refractivity contribution in [2.24, 2.45) is 12.5 Å². The molecule has 2 aromatic heterocycles. The molecule has 0 fully saturated rings. The van der Waals surface area contributed by atoms with Crippen molar-refractivity contribution in [3.8, 4) is 39.6 Å². The number of furan rings is 1. The topological polar surface area (TPSA) is 40.8 Å². The van der Waals surface area contributed by atoms with E-state index < -0.39 is 0 Å². The molecule has 2 heterocycles. The van der Waals surface area contributed by atoms with Crippen LogP contribution in [0.2, 0.25) is 0 Å². The molecule has 6 aromatic rings. The highest BCUT2D eigenvalue weighted by Gasteiger charge is 2.24. The number of rotatable bonds is 4. The van der Waals surface area contributed by atoms with E-state index in [1.165, 1.54) is 11.1 Å². The minimum atomic E-state index is 0.0984. The molecule has 0 aliphatic carbocycles. The monoisotopic (exact) mass is 577 g/mol. The molecule has 220 valence electrons. The fourth-order valence-corrected chi connectivity index (χ4v) is 6.30. The molecule has 0 amide bonds. The number of hydrogen-bond donors (Lipinski definition) is 0. The molecule has 0 saturated carbocycles. The maximum Gasteiger partial charge on any atom is 0.216 e. The number of hydrogen-bond acceptors (Lipinski definition) is 2. The van der Waals surface area contributed by atoms with Crippen molar-refractivity contribution in [2.75, 3.05) is 0 Å². The zero-order chi connectivity index (χ0) is 31.4. The second kappa shape index (κ2) is 10.8.